The van der Waals surface area contributed by atoms with Crippen molar-refractivity contribution in [1.29, 1.82) is 0 Å². The van der Waals surface area contributed by atoms with E-state index in [-0.39, 0.29) is 22.9 Å². The van der Waals surface area contributed by atoms with E-state index in [2.05, 4.69) is 25.7 Å². The van der Waals surface area contributed by atoms with E-state index >= 15 is 0 Å². The summed E-state index contributed by atoms with van der Waals surface area (Å²) in [7, 11) is -1.81. The first-order chi connectivity index (χ1) is 15.7. The van der Waals surface area contributed by atoms with Crippen LogP contribution in [0.15, 0.2) is 41.7 Å². The number of anilines is 3. The van der Waals surface area contributed by atoms with E-state index in [4.69, 9.17) is 9.47 Å². The number of carbonyl (C=O) groups is 1. The number of hydrogen-bond acceptors (Lipinski definition) is 9. The van der Waals surface area contributed by atoms with Gasteiger partial charge >= 0.3 is 0 Å². The van der Waals surface area contributed by atoms with E-state index in [1.807, 2.05) is 6.07 Å². The molecule has 1 amide bonds. The first kappa shape index (κ1) is 22.7. The molecule has 0 spiro atoms. The Labute approximate surface area is 191 Å². The fourth-order valence-electron chi connectivity index (χ4n) is 3.31. The average molecular weight is 473 g/mol. The van der Waals surface area contributed by atoms with Gasteiger partial charge in [-0.3, -0.25) is 9.48 Å². The Morgan fingerprint density at radius 1 is 1.27 bits per heavy atom. The Morgan fingerprint density at radius 2 is 2.09 bits per heavy atom. The van der Waals surface area contributed by atoms with Crippen LogP contribution in [0.1, 0.15) is 13.3 Å². The van der Waals surface area contributed by atoms with Crippen LogP contribution in [0.25, 0.3) is 11.3 Å². The number of aryl methyl sites for hydroxylation is 1. The quantitative estimate of drug-likeness (QED) is 0.530. The molecule has 1 aliphatic heterocycles. The predicted molar refractivity (Wildman–Crippen MR) is 121 cm³/mol. The van der Waals surface area contributed by atoms with Crippen molar-refractivity contribution >= 4 is 33.1 Å². The standard InChI is InChI=1S/C21H24N6O5S/c1-13(28)23-19-10-18(16(11-22-19)17-4-6-27(2)26-17)24-20-8-15(32-14-5-7-31-12-14)9-21(25-20)33(3,29)30/h4,6,8-11,14H,5,7,12H2,1-3H3,(H2,22,23,24,25,28). The minimum atomic E-state index is -3.60. The minimum absolute atomic E-state index is 0.128. The van der Waals surface area contributed by atoms with Crippen molar-refractivity contribution in [3.63, 3.8) is 0 Å². The average Bonchev–Trinajstić information content (AvgIpc) is 3.39. The zero-order valence-corrected chi connectivity index (χ0v) is 19.2. The summed E-state index contributed by atoms with van der Waals surface area (Å²) in [5.41, 5.74) is 1.81. The molecule has 1 unspecified atom stereocenters. The molecule has 174 valence electrons. The largest absolute Gasteiger partial charge is 0.488 e. The van der Waals surface area contributed by atoms with Crippen molar-refractivity contribution in [3.05, 3.63) is 36.7 Å². The van der Waals surface area contributed by atoms with Gasteiger partial charge in [-0.15, -0.1) is 0 Å². The number of aromatic nitrogens is 4. The van der Waals surface area contributed by atoms with Gasteiger partial charge in [-0.2, -0.15) is 5.10 Å². The van der Waals surface area contributed by atoms with Crippen molar-refractivity contribution in [2.24, 2.45) is 7.05 Å². The normalized spacial score (nSPS) is 15.9. The van der Waals surface area contributed by atoms with Gasteiger partial charge in [0.2, 0.25) is 5.91 Å². The van der Waals surface area contributed by atoms with Gasteiger partial charge in [0.1, 0.15) is 23.5 Å². The Kier molecular flexibility index (Phi) is 6.29. The summed E-state index contributed by atoms with van der Waals surface area (Å²) in [6.07, 6.45) is 5.00. The van der Waals surface area contributed by atoms with Crippen LogP contribution in [-0.2, 0) is 26.4 Å². The number of pyridine rings is 2. The molecule has 12 heteroatoms. The second-order valence-corrected chi connectivity index (χ2v) is 9.66. The Hall–Kier alpha value is -3.51. The molecule has 3 aromatic heterocycles. The van der Waals surface area contributed by atoms with Crippen LogP contribution in [0, 0.1) is 0 Å². The topological polar surface area (TPSA) is 137 Å². The number of carbonyl (C=O) groups excluding carboxylic acids is 1. The molecular weight excluding hydrogens is 448 g/mol. The maximum absolute atomic E-state index is 12.3. The fraction of sp³-hybridized carbons (Fsp3) is 0.333. The second-order valence-electron chi connectivity index (χ2n) is 7.70. The van der Waals surface area contributed by atoms with Gasteiger partial charge in [-0.05, 0) is 6.07 Å². The van der Waals surface area contributed by atoms with E-state index in [0.29, 0.717) is 48.1 Å². The number of sulfone groups is 1. The lowest BCUT2D eigenvalue weighted by atomic mass is 10.1. The molecule has 1 atom stereocenters. The highest BCUT2D eigenvalue weighted by molar-refractivity contribution is 7.90. The summed E-state index contributed by atoms with van der Waals surface area (Å²) < 4.78 is 37.4. The summed E-state index contributed by atoms with van der Waals surface area (Å²) >= 11 is 0. The third-order valence-corrected chi connectivity index (χ3v) is 5.78. The lowest BCUT2D eigenvalue weighted by Gasteiger charge is -2.16. The molecule has 1 fully saturated rings. The van der Waals surface area contributed by atoms with Crippen LogP contribution >= 0.6 is 0 Å². The highest BCUT2D eigenvalue weighted by atomic mass is 32.2. The SMILES string of the molecule is CC(=O)Nc1cc(Nc2cc(OC3CCOC3)cc(S(C)(=O)=O)n2)c(-c2ccn(C)n2)cn1. The van der Waals surface area contributed by atoms with Gasteiger partial charge in [0, 0.05) is 62.8 Å². The molecule has 0 saturated carbocycles. The molecule has 4 heterocycles. The monoisotopic (exact) mass is 472 g/mol. The number of nitrogens with one attached hydrogen (secondary N) is 2. The number of amides is 1. The minimum Gasteiger partial charge on any atom is -0.488 e. The Bertz CT molecular complexity index is 1280. The molecule has 1 saturated heterocycles. The van der Waals surface area contributed by atoms with E-state index in [9.17, 15) is 13.2 Å². The number of ether oxygens (including phenoxy) is 2. The van der Waals surface area contributed by atoms with Gasteiger partial charge < -0.3 is 20.1 Å². The molecular formula is C21H24N6O5S. The maximum atomic E-state index is 12.3. The second kappa shape index (κ2) is 9.16. The zero-order chi connectivity index (χ0) is 23.6. The lowest BCUT2D eigenvalue weighted by Crippen LogP contribution is -2.16. The van der Waals surface area contributed by atoms with Crippen molar-refractivity contribution in [1.82, 2.24) is 19.7 Å². The van der Waals surface area contributed by atoms with Crippen LogP contribution in [0.2, 0.25) is 0 Å². The molecule has 4 rings (SSSR count). The molecule has 0 bridgehead atoms. The molecule has 0 aliphatic carbocycles. The van der Waals surface area contributed by atoms with Crippen molar-refractivity contribution in [2.75, 3.05) is 30.1 Å². The molecule has 33 heavy (non-hydrogen) atoms. The van der Waals surface area contributed by atoms with Crippen LogP contribution in [0.3, 0.4) is 0 Å². The first-order valence-electron chi connectivity index (χ1n) is 10.2. The lowest BCUT2D eigenvalue weighted by molar-refractivity contribution is -0.114. The van der Waals surface area contributed by atoms with Crippen LogP contribution in [0.4, 0.5) is 17.3 Å². The summed E-state index contributed by atoms with van der Waals surface area (Å²) in [5, 5.41) is 10.1. The van der Waals surface area contributed by atoms with E-state index in [0.717, 1.165) is 6.26 Å². The summed E-state index contributed by atoms with van der Waals surface area (Å²) in [5.74, 6) is 0.664. The highest BCUT2D eigenvalue weighted by Gasteiger charge is 2.20. The number of nitrogens with zero attached hydrogens (tertiary/aromatic N) is 4. The highest BCUT2D eigenvalue weighted by Crippen LogP contribution is 2.32. The summed E-state index contributed by atoms with van der Waals surface area (Å²) in [4.78, 5) is 20.0. The number of hydrogen-bond donors (Lipinski definition) is 2. The molecule has 2 N–H and O–H groups in total. The van der Waals surface area contributed by atoms with Crippen molar-refractivity contribution < 1.29 is 22.7 Å². The van der Waals surface area contributed by atoms with E-state index in [1.165, 1.54) is 13.0 Å². The Morgan fingerprint density at radius 3 is 2.73 bits per heavy atom. The van der Waals surface area contributed by atoms with Crippen LogP contribution in [0.5, 0.6) is 5.75 Å². The zero-order valence-electron chi connectivity index (χ0n) is 18.4. The number of rotatable bonds is 7. The summed E-state index contributed by atoms with van der Waals surface area (Å²) in [6, 6.07) is 6.46. The summed E-state index contributed by atoms with van der Waals surface area (Å²) in [6.45, 7) is 2.42. The van der Waals surface area contributed by atoms with E-state index in [1.54, 1.807) is 36.3 Å². The molecule has 3 aromatic rings. The van der Waals surface area contributed by atoms with E-state index < -0.39 is 9.84 Å². The van der Waals surface area contributed by atoms with Gasteiger partial charge in [-0.1, -0.05) is 0 Å². The molecule has 0 radical (unpaired) electrons. The van der Waals surface area contributed by atoms with Crippen LogP contribution < -0.4 is 15.4 Å². The first-order valence-corrected chi connectivity index (χ1v) is 12.1. The maximum Gasteiger partial charge on any atom is 0.222 e. The van der Waals surface area contributed by atoms with Crippen molar-refractivity contribution in [2.45, 2.75) is 24.5 Å². The predicted octanol–water partition coefficient (Wildman–Crippen LogP) is 2.15. The smallest absolute Gasteiger partial charge is 0.222 e. The van der Waals surface area contributed by atoms with Crippen molar-refractivity contribution in [3.8, 4) is 17.0 Å². The van der Waals surface area contributed by atoms with Gasteiger partial charge in [-0.25, -0.2) is 18.4 Å². The fourth-order valence-corrected chi connectivity index (χ4v) is 3.90. The third-order valence-electron chi connectivity index (χ3n) is 4.81. The molecule has 1 aliphatic rings. The third kappa shape index (κ3) is 5.65. The van der Waals surface area contributed by atoms with Crippen LogP contribution in [-0.4, -0.2) is 59.6 Å². The molecule has 0 aromatic carbocycles. The van der Waals surface area contributed by atoms with Gasteiger partial charge in [0.25, 0.3) is 0 Å². The van der Waals surface area contributed by atoms with Gasteiger partial charge in [0.05, 0.1) is 24.6 Å². The Balaban J connectivity index is 1.75. The molecule has 11 nitrogen and oxygen atoms in total. The van der Waals surface area contributed by atoms with Gasteiger partial charge in [0.15, 0.2) is 14.9 Å².